The minimum atomic E-state index is 0.228. The first kappa shape index (κ1) is 31.7. The molecule has 8 rings (SSSR count). The van der Waals surface area contributed by atoms with Gasteiger partial charge in [0, 0.05) is 34.4 Å². The van der Waals surface area contributed by atoms with Crippen LogP contribution in [0.4, 0.5) is 0 Å². The zero-order valence-corrected chi connectivity index (χ0v) is 27.4. The summed E-state index contributed by atoms with van der Waals surface area (Å²) in [5, 5.41) is 8.51. The molecule has 2 atom stereocenters. The van der Waals surface area contributed by atoms with E-state index < -0.39 is 0 Å². The Morgan fingerprint density at radius 2 is 0.800 bits per heavy atom. The lowest BCUT2D eigenvalue weighted by atomic mass is 10.1. The van der Waals surface area contributed by atoms with Gasteiger partial charge < -0.3 is 37.5 Å². The fraction of sp³-hybridized carbons (Fsp3) is 0.250. The molecule has 4 heterocycles. The molecule has 254 valence electrons. The molecule has 4 aromatic carbocycles. The van der Waals surface area contributed by atoms with E-state index in [1.165, 1.54) is 0 Å². The summed E-state index contributed by atoms with van der Waals surface area (Å²) in [6.45, 7) is 3.91. The number of hydrogen-bond acceptors (Lipinski definition) is 10. The van der Waals surface area contributed by atoms with Crippen LogP contribution in [0.5, 0.6) is 23.0 Å². The van der Waals surface area contributed by atoms with Gasteiger partial charge in [-0.1, -0.05) is 10.3 Å². The van der Waals surface area contributed by atoms with Gasteiger partial charge in [0.1, 0.15) is 59.8 Å². The predicted molar refractivity (Wildman–Crippen MR) is 185 cm³/mol. The molecule has 2 unspecified atom stereocenters. The summed E-state index contributed by atoms with van der Waals surface area (Å²) in [5.74, 6) is 4.62. The molecule has 50 heavy (non-hydrogen) atoms. The van der Waals surface area contributed by atoms with Crippen molar-refractivity contribution in [2.45, 2.75) is 25.0 Å². The Morgan fingerprint density at radius 1 is 0.460 bits per heavy atom. The van der Waals surface area contributed by atoms with Crippen molar-refractivity contribution in [1.29, 1.82) is 0 Å². The van der Waals surface area contributed by atoms with E-state index in [-0.39, 0.29) is 12.2 Å². The largest absolute Gasteiger partial charge is 0.494 e. The zero-order chi connectivity index (χ0) is 33.5. The standard InChI is InChI=1S/C40H36N2O8/c1(19-43-31-11-3-27(4-12-31)37-21-40(50-41-37)30-9-17-34(18-10-30)46-24-36-26-48-36)2-20-44-32-15-7-29(8-16-32)39-22-38(42-49-39)28-5-13-33(14-6-28)45-23-35-25-47-35/h3-18,21-22,35-36H,1-2,19-20,23-26H2. The quantitative estimate of drug-likeness (QED) is 0.0695. The van der Waals surface area contributed by atoms with Gasteiger partial charge in [0.2, 0.25) is 0 Å². The molecule has 2 saturated heterocycles. The van der Waals surface area contributed by atoms with Crippen LogP contribution in [-0.2, 0) is 9.47 Å². The molecule has 2 fully saturated rings. The number of epoxide rings is 2. The van der Waals surface area contributed by atoms with Crippen LogP contribution in [0.1, 0.15) is 12.8 Å². The summed E-state index contributed by atoms with van der Waals surface area (Å²) in [5.41, 5.74) is 5.31. The van der Waals surface area contributed by atoms with Crippen LogP contribution in [0, 0.1) is 0 Å². The van der Waals surface area contributed by atoms with Gasteiger partial charge in [0.05, 0.1) is 26.4 Å². The molecule has 0 amide bonds. The Bertz CT molecular complexity index is 1820. The average Bonchev–Trinajstić information content (AvgIpc) is 4.08. The number of ether oxygens (including phenoxy) is 6. The molecule has 0 aliphatic carbocycles. The minimum Gasteiger partial charge on any atom is -0.494 e. The van der Waals surface area contributed by atoms with E-state index in [0.29, 0.717) is 37.9 Å². The van der Waals surface area contributed by atoms with Gasteiger partial charge in [0.25, 0.3) is 0 Å². The number of benzene rings is 4. The summed E-state index contributed by atoms with van der Waals surface area (Å²) in [6, 6.07) is 35.2. The summed E-state index contributed by atoms with van der Waals surface area (Å²) < 4.78 is 44.9. The lowest BCUT2D eigenvalue weighted by Crippen LogP contribution is -2.03. The van der Waals surface area contributed by atoms with Crippen molar-refractivity contribution in [1.82, 2.24) is 10.3 Å². The molecule has 0 spiro atoms. The maximum atomic E-state index is 5.95. The Balaban J connectivity index is 0.741. The van der Waals surface area contributed by atoms with E-state index >= 15 is 0 Å². The first-order valence-electron chi connectivity index (χ1n) is 16.8. The van der Waals surface area contributed by atoms with Gasteiger partial charge in [-0.25, -0.2) is 0 Å². The molecule has 6 aromatic rings. The summed E-state index contributed by atoms with van der Waals surface area (Å²) in [4.78, 5) is 0. The lowest BCUT2D eigenvalue weighted by molar-refractivity contribution is 0.263. The molecule has 10 nitrogen and oxygen atoms in total. The van der Waals surface area contributed by atoms with Crippen molar-refractivity contribution in [3.63, 3.8) is 0 Å². The first-order valence-corrected chi connectivity index (χ1v) is 16.8. The smallest absolute Gasteiger partial charge is 0.167 e. The van der Waals surface area contributed by atoms with E-state index in [1.54, 1.807) is 0 Å². The number of hydrogen-bond donors (Lipinski definition) is 0. The maximum Gasteiger partial charge on any atom is 0.167 e. The van der Waals surface area contributed by atoms with Crippen LogP contribution in [0.3, 0.4) is 0 Å². The SMILES string of the molecule is c1cc(-c2cc(-c3ccc(OCC4CO4)cc3)on2)ccc1OCCCCOc1ccc(-c2cc(-c3ccc(OCC4CO4)cc3)no2)cc1. The average molecular weight is 673 g/mol. The number of rotatable bonds is 17. The second-order valence-corrected chi connectivity index (χ2v) is 12.2. The van der Waals surface area contributed by atoms with E-state index in [4.69, 9.17) is 37.5 Å². The number of unbranched alkanes of at least 4 members (excludes halogenated alkanes) is 1. The monoisotopic (exact) mass is 672 g/mol. The number of nitrogens with zero attached hydrogens (tertiary/aromatic N) is 2. The Morgan fingerprint density at radius 3 is 1.16 bits per heavy atom. The lowest BCUT2D eigenvalue weighted by Gasteiger charge is -2.08. The first-order chi connectivity index (χ1) is 24.7. The minimum absolute atomic E-state index is 0.228. The van der Waals surface area contributed by atoms with Gasteiger partial charge in [-0.15, -0.1) is 0 Å². The van der Waals surface area contributed by atoms with Gasteiger partial charge >= 0.3 is 0 Å². The summed E-state index contributed by atoms with van der Waals surface area (Å²) >= 11 is 0. The molecule has 2 aliphatic heterocycles. The van der Waals surface area contributed by atoms with Crippen LogP contribution in [-0.4, -0.2) is 62.2 Å². The third-order valence-corrected chi connectivity index (χ3v) is 8.35. The molecule has 0 radical (unpaired) electrons. The second-order valence-electron chi connectivity index (χ2n) is 12.2. The number of aromatic nitrogens is 2. The topological polar surface area (TPSA) is 114 Å². The van der Waals surface area contributed by atoms with E-state index in [2.05, 4.69) is 10.3 Å². The highest BCUT2D eigenvalue weighted by atomic mass is 16.6. The van der Waals surface area contributed by atoms with E-state index in [1.807, 2.05) is 109 Å². The van der Waals surface area contributed by atoms with Crippen molar-refractivity contribution >= 4 is 0 Å². The zero-order valence-electron chi connectivity index (χ0n) is 27.4. The molecule has 10 heteroatoms. The molecule has 2 aliphatic rings. The van der Waals surface area contributed by atoms with Crippen LogP contribution < -0.4 is 18.9 Å². The van der Waals surface area contributed by atoms with Crippen LogP contribution >= 0.6 is 0 Å². The van der Waals surface area contributed by atoms with Crippen molar-refractivity contribution in [3.05, 3.63) is 109 Å². The highest BCUT2D eigenvalue weighted by Crippen LogP contribution is 2.30. The summed E-state index contributed by atoms with van der Waals surface area (Å²) in [7, 11) is 0. The normalized spacial score (nSPS) is 16.2. The van der Waals surface area contributed by atoms with Crippen LogP contribution in [0.2, 0.25) is 0 Å². The third-order valence-electron chi connectivity index (χ3n) is 8.35. The Labute approximate surface area is 289 Å². The van der Waals surface area contributed by atoms with Crippen LogP contribution in [0.25, 0.3) is 45.2 Å². The maximum absolute atomic E-state index is 5.95. The molecule has 0 bridgehead atoms. The van der Waals surface area contributed by atoms with Crippen molar-refractivity contribution < 1.29 is 37.5 Å². The second kappa shape index (κ2) is 14.9. The van der Waals surface area contributed by atoms with Crippen LogP contribution in [0.15, 0.2) is 118 Å². The van der Waals surface area contributed by atoms with E-state index in [0.717, 1.165) is 82.7 Å². The molecular formula is C40H36N2O8. The highest BCUT2D eigenvalue weighted by molar-refractivity contribution is 5.68. The molecule has 2 aromatic heterocycles. The van der Waals surface area contributed by atoms with Crippen molar-refractivity contribution in [2.75, 3.05) is 39.6 Å². The highest BCUT2D eigenvalue weighted by Gasteiger charge is 2.23. The van der Waals surface area contributed by atoms with Gasteiger partial charge in [-0.3, -0.25) is 0 Å². The van der Waals surface area contributed by atoms with Gasteiger partial charge in [-0.05, 0) is 110 Å². The van der Waals surface area contributed by atoms with Crippen molar-refractivity contribution in [2.24, 2.45) is 0 Å². The fourth-order valence-electron chi connectivity index (χ4n) is 5.26. The third kappa shape index (κ3) is 8.34. The summed E-state index contributed by atoms with van der Waals surface area (Å²) in [6.07, 6.45) is 2.20. The van der Waals surface area contributed by atoms with Gasteiger partial charge in [0.15, 0.2) is 11.5 Å². The van der Waals surface area contributed by atoms with E-state index in [9.17, 15) is 0 Å². The Hall–Kier alpha value is -5.58. The molecule has 0 saturated carbocycles. The predicted octanol–water partition coefficient (Wildman–Crippen LogP) is 8.12. The molecule has 0 N–H and O–H groups in total. The molecular weight excluding hydrogens is 636 g/mol. The van der Waals surface area contributed by atoms with Gasteiger partial charge in [-0.2, -0.15) is 0 Å². The Kier molecular flexibility index (Phi) is 9.44. The van der Waals surface area contributed by atoms with Crippen molar-refractivity contribution in [3.8, 4) is 68.2 Å². The fourth-order valence-corrected chi connectivity index (χ4v) is 5.26.